The SMILES string of the molecule is Cc1noc(C(C)NC(=O)CCc2c(C)nc3c4ccccc4nn3c2C)n1. The summed E-state index contributed by atoms with van der Waals surface area (Å²) in [5.41, 5.74) is 4.73. The monoisotopic (exact) mass is 378 g/mol. The number of carbonyl (C=O) groups is 1. The van der Waals surface area contributed by atoms with Crippen LogP contribution in [0.5, 0.6) is 0 Å². The van der Waals surface area contributed by atoms with E-state index in [1.807, 2.05) is 49.6 Å². The topological polar surface area (TPSA) is 98.2 Å². The lowest BCUT2D eigenvalue weighted by molar-refractivity contribution is -0.121. The van der Waals surface area contributed by atoms with Crippen LogP contribution in [0.2, 0.25) is 0 Å². The molecule has 1 N–H and O–H groups in total. The smallest absolute Gasteiger partial charge is 0.248 e. The lowest BCUT2D eigenvalue weighted by atomic mass is 10.1. The van der Waals surface area contributed by atoms with Gasteiger partial charge in [-0.15, -0.1) is 0 Å². The Labute approximate surface area is 162 Å². The molecule has 0 saturated carbocycles. The van der Waals surface area contributed by atoms with Crippen LogP contribution in [-0.2, 0) is 11.2 Å². The van der Waals surface area contributed by atoms with E-state index in [4.69, 9.17) is 9.51 Å². The van der Waals surface area contributed by atoms with Gasteiger partial charge < -0.3 is 9.84 Å². The number of amides is 1. The van der Waals surface area contributed by atoms with Gasteiger partial charge in [-0.1, -0.05) is 17.3 Å². The van der Waals surface area contributed by atoms with Gasteiger partial charge in [-0.25, -0.2) is 9.50 Å². The molecule has 8 heteroatoms. The number of nitrogens with zero attached hydrogens (tertiary/aromatic N) is 5. The summed E-state index contributed by atoms with van der Waals surface area (Å²) in [5, 5.41) is 12.3. The number of aromatic nitrogens is 5. The third-order valence-electron chi connectivity index (χ3n) is 4.91. The third kappa shape index (κ3) is 3.21. The van der Waals surface area contributed by atoms with E-state index in [1.165, 1.54) is 0 Å². The van der Waals surface area contributed by atoms with Gasteiger partial charge in [0.05, 0.1) is 5.52 Å². The van der Waals surface area contributed by atoms with E-state index in [0.29, 0.717) is 24.6 Å². The molecule has 8 nitrogen and oxygen atoms in total. The van der Waals surface area contributed by atoms with Gasteiger partial charge in [-0.2, -0.15) is 10.1 Å². The van der Waals surface area contributed by atoms with E-state index < -0.39 is 0 Å². The first kappa shape index (κ1) is 18.1. The first-order chi connectivity index (χ1) is 13.4. The summed E-state index contributed by atoms with van der Waals surface area (Å²) in [6.07, 6.45) is 0.922. The van der Waals surface area contributed by atoms with Gasteiger partial charge >= 0.3 is 0 Å². The van der Waals surface area contributed by atoms with Crippen molar-refractivity contribution in [2.75, 3.05) is 0 Å². The number of carbonyl (C=O) groups excluding carboxylic acids is 1. The third-order valence-corrected chi connectivity index (χ3v) is 4.91. The van der Waals surface area contributed by atoms with Crippen LogP contribution in [0.4, 0.5) is 0 Å². The van der Waals surface area contributed by atoms with Crippen molar-refractivity contribution in [2.45, 2.75) is 46.6 Å². The van der Waals surface area contributed by atoms with Crippen LogP contribution in [0.15, 0.2) is 28.8 Å². The molecule has 3 aromatic heterocycles. The number of hydrogen-bond donors (Lipinski definition) is 1. The van der Waals surface area contributed by atoms with E-state index in [9.17, 15) is 4.79 Å². The second kappa shape index (κ2) is 7.03. The van der Waals surface area contributed by atoms with Crippen molar-refractivity contribution in [2.24, 2.45) is 0 Å². The number of fused-ring (bicyclic) bond motifs is 3. The highest BCUT2D eigenvalue weighted by atomic mass is 16.5. The first-order valence-corrected chi connectivity index (χ1v) is 9.27. The van der Waals surface area contributed by atoms with Gasteiger partial charge in [0.1, 0.15) is 6.04 Å². The largest absolute Gasteiger partial charge is 0.345 e. The Morgan fingerprint density at radius 1 is 1.21 bits per heavy atom. The zero-order chi connectivity index (χ0) is 19.8. The van der Waals surface area contributed by atoms with Crippen molar-refractivity contribution in [3.05, 3.63) is 52.9 Å². The predicted octanol–water partition coefficient (Wildman–Crippen LogP) is 3.00. The molecular formula is C20H22N6O2. The Morgan fingerprint density at radius 3 is 2.75 bits per heavy atom. The fourth-order valence-corrected chi connectivity index (χ4v) is 3.44. The maximum atomic E-state index is 12.4. The van der Waals surface area contributed by atoms with Gasteiger partial charge in [0.2, 0.25) is 11.8 Å². The molecule has 3 heterocycles. The maximum Gasteiger partial charge on any atom is 0.248 e. The molecule has 0 fully saturated rings. The summed E-state index contributed by atoms with van der Waals surface area (Å²) in [7, 11) is 0. The molecule has 0 aliphatic rings. The minimum atomic E-state index is -0.326. The second-order valence-corrected chi connectivity index (χ2v) is 6.98. The minimum Gasteiger partial charge on any atom is -0.345 e. The highest BCUT2D eigenvalue weighted by Gasteiger charge is 2.18. The number of aryl methyl sites for hydroxylation is 3. The van der Waals surface area contributed by atoms with Crippen molar-refractivity contribution >= 4 is 22.5 Å². The fraction of sp³-hybridized carbons (Fsp3) is 0.350. The summed E-state index contributed by atoms with van der Waals surface area (Å²) in [5.74, 6) is 0.880. The number of nitrogens with one attached hydrogen (secondary N) is 1. The van der Waals surface area contributed by atoms with Crippen molar-refractivity contribution in [1.82, 2.24) is 30.1 Å². The quantitative estimate of drug-likeness (QED) is 0.573. The zero-order valence-corrected chi connectivity index (χ0v) is 16.4. The average molecular weight is 378 g/mol. The second-order valence-electron chi connectivity index (χ2n) is 6.98. The highest BCUT2D eigenvalue weighted by molar-refractivity contribution is 5.92. The molecule has 1 unspecified atom stereocenters. The number of rotatable bonds is 5. The van der Waals surface area contributed by atoms with E-state index in [1.54, 1.807) is 6.92 Å². The predicted molar refractivity (Wildman–Crippen MR) is 104 cm³/mol. The summed E-state index contributed by atoms with van der Waals surface area (Å²) >= 11 is 0. The van der Waals surface area contributed by atoms with Gasteiger partial charge in [0, 0.05) is 23.2 Å². The minimum absolute atomic E-state index is 0.0760. The highest BCUT2D eigenvalue weighted by Crippen LogP contribution is 2.23. The first-order valence-electron chi connectivity index (χ1n) is 9.27. The van der Waals surface area contributed by atoms with Crippen LogP contribution < -0.4 is 5.32 Å². The van der Waals surface area contributed by atoms with Crippen molar-refractivity contribution < 1.29 is 9.32 Å². The van der Waals surface area contributed by atoms with E-state index in [0.717, 1.165) is 33.5 Å². The fourth-order valence-electron chi connectivity index (χ4n) is 3.44. The standard InChI is InChI=1S/C20H22N6O2/c1-11-15(9-10-18(27)21-12(2)20-23-14(4)25-28-20)13(3)26-19(22-11)16-7-5-6-8-17(16)24-26/h5-8,12H,9-10H2,1-4H3,(H,21,27). The summed E-state index contributed by atoms with van der Waals surface area (Å²) < 4.78 is 6.98. The van der Waals surface area contributed by atoms with Crippen LogP contribution in [0.25, 0.3) is 16.6 Å². The lowest BCUT2D eigenvalue weighted by Gasteiger charge is -2.12. The van der Waals surface area contributed by atoms with Crippen LogP contribution in [0.3, 0.4) is 0 Å². The molecule has 4 rings (SSSR count). The molecule has 0 saturated heterocycles. The number of hydrogen-bond acceptors (Lipinski definition) is 6. The van der Waals surface area contributed by atoms with Crippen molar-refractivity contribution in [3.63, 3.8) is 0 Å². The molecule has 0 aliphatic carbocycles. The molecule has 1 amide bonds. The molecule has 1 aromatic carbocycles. The molecule has 0 bridgehead atoms. The Kier molecular flexibility index (Phi) is 4.54. The molecule has 1 atom stereocenters. The van der Waals surface area contributed by atoms with Crippen LogP contribution in [0, 0.1) is 20.8 Å². The molecule has 144 valence electrons. The Balaban J connectivity index is 1.53. The normalized spacial score (nSPS) is 12.6. The molecule has 0 aliphatic heterocycles. The van der Waals surface area contributed by atoms with Crippen LogP contribution in [-0.4, -0.2) is 30.6 Å². The maximum absolute atomic E-state index is 12.4. The molecule has 4 aromatic rings. The van der Waals surface area contributed by atoms with Crippen molar-refractivity contribution in [1.29, 1.82) is 0 Å². The zero-order valence-electron chi connectivity index (χ0n) is 16.4. The summed E-state index contributed by atoms with van der Waals surface area (Å²) in [4.78, 5) is 21.3. The molecule has 0 spiro atoms. The molecular weight excluding hydrogens is 356 g/mol. The lowest BCUT2D eigenvalue weighted by Crippen LogP contribution is -2.27. The van der Waals surface area contributed by atoms with E-state index in [-0.39, 0.29) is 11.9 Å². The van der Waals surface area contributed by atoms with Gasteiger partial charge in [-0.05, 0) is 51.8 Å². The van der Waals surface area contributed by atoms with E-state index >= 15 is 0 Å². The van der Waals surface area contributed by atoms with Gasteiger partial charge in [0.25, 0.3) is 0 Å². The Morgan fingerprint density at radius 2 is 2.00 bits per heavy atom. The Hall–Kier alpha value is -3.29. The average Bonchev–Trinajstić information content (AvgIpc) is 3.26. The molecule has 28 heavy (non-hydrogen) atoms. The molecule has 0 radical (unpaired) electrons. The Bertz CT molecular complexity index is 1180. The van der Waals surface area contributed by atoms with Crippen LogP contribution >= 0.6 is 0 Å². The van der Waals surface area contributed by atoms with Crippen molar-refractivity contribution in [3.8, 4) is 0 Å². The van der Waals surface area contributed by atoms with E-state index in [2.05, 4.69) is 20.6 Å². The van der Waals surface area contributed by atoms with Gasteiger partial charge in [-0.3, -0.25) is 4.79 Å². The van der Waals surface area contributed by atoms with Crippen LogP contribution in [0.1, 0.15) is 48.1 Å². The summed E-state index contributed by atoms with van der Waals surface area (Å²) in [6, 6.07) is 7.63. The summed E-state index contributed by atoms with van der Waals surface area (Å²) in [6.45, 7) is 7.57. The number of benzene rings is 1. The van der Waals surface area contributed by atoms with Gasteiger partial charge in [0.15, 0.2) is 11.5 Å².